The zero-order valence-corrected chi connectivity index (χ0v) is 26.7. The maximum Gasteiger partial charge on any atom is 0.0541 e. The van der Waals surface area contributed by atoms with Gasteiger partial charge in [0.25, 0.3) is 0 Å². The monoisotopic (exact) mass is 591 g/mol. The molecular formula is C45H37N. The average molecular weight is 592 g/mol. The molecule has 0 N–H and O–H groups in total. The summed E-state index contributed by atoms with van der Waals surface area (Å²) in [6.07, 6.45) is 6.28. The number of hydrogen-bond acceptors (Lipinski definition) is 0. The number of hydrogen-bond donors (Lipinski definition) is 0. The average Bonchev–Trinajstić information content (AvgIpc) is 3.42. The van der Waals surface area contributed by atoms with Gasteiger partial charge in [-0.15, -0.1) is 0 Å². The van der Waals surface area contributed by atoms with Crippen molar-refractivity contribution in [2.75, 3.05) is 0 Å². The van der Waals surface area contributed by atoms with Crippen LogP contribution in [0.25, 0.3) is 73.2 Å². The maximum atomic E-state index is 4.20. The lowest BCUT2D eigenvalue weighted by molar-refractivity contribution is 1.11. The molecule has 0 bridgehead atoms. The molecule has 46 heavy (non-hydrogen) atoms. The van der Waals surface area contributed by atoms with Crippen molar-refractivity contribution in [3.63, 3.8) is 0 Å². The molecule has 7 aromatic rings. The van der Waals surface area contributed by atoms with Gasteiger partial charge in [-0.2, -0.15) is 0 Å². The molecule has 0 atom stereocenters. The van der Waals surface area contributed by atoms with Gasteiger partial charge in [0.1, 0.15) is 0 Å². The first kappa shape index (κ1) is 29.1. The maximum absolute atomic E-state index is 4.20. The number of rotatable bonds is 7. The predicted octanol–water partition coefficient (Wildman–Crippen LogP) is 12.6. The van der Waals surface area contributed by atoms with E-state index in [0.717, 1.165) is 11.4 Å². The molecule has 0 amide bonds. The molecule has 1 nitrogen and oxygen atoms in total. The zero-order chi connectivity index (χ0) is 31.6. The lowest BCUT2D eigenvalue weighted by atomic mass is 9.86. The van der Waals surface area contributed by atoms with Crippen molar-refractivity contribution in [1.29, 1.82) is 0 Å². The SMILES string of the molecule is C=Cc1c(/C=C\C)c2cc(-c3ccc(C)c(-c4cc(-c5ccccc5)cc(-c5ccccc5)c4C)c3)ccc2n1-c1ccccc1. The Kier molecular flexibility index (Phi) is 7.83. The van der Waals surface area contributed by atoms with Crippen LogP contribution >= 0.6 is 0 Å². The van der Waals surface area contributed by atoms with E-state index < -0.39 is 0 Å². The molecule has 6 aromatic carbocycles. The van der Waals surface area contributed by atoms with Gasteiger partial charge in [0.05, 0.1) is 11.2 Å². The minimum Gasteiger partial charge on any atom is -0.309 e. The molecule has 0 unspecified atom stereocenters. The van der Waals surface area contributed by atoms with Crippen molar-refractivity contribution < 1.29 is 0 Å². The molecular weight excluding hydrogens is 555 g/mol. The third-order valence-corrected chi connectivity index (χ3v) is 9.05. The fourth-order valence-electron chi connectivity index (χ4n) is 6.71. The van der Waals surface area contributed by atoms with E-state index in [4.69, 9.17) is 0 Å². The summed E-state index contributed by atoms with van der Waals surface area (Å²) >= 11 is 0. The van der Waals surface area contributed by atoms with Crippen LogP contribution in [0.4, 0.5) is 0 Å². The van der Waals surface area contributed by atoms with E-state index in [1.165, 1.54) is 72.1 Å². The molecule has 0 saturated carbocycles. The molecule has 1 aromatic heterocycles. The molecule has 7 rings (SSSR count). The number of benzene rings is 6. The number of aromatic nitrogens is 1. The van der Waals surface area contributed by atoms with Crippen LogP contribution in [0.3, 0.4) is 0 Å². The predicted molar refractivity (Wildman–Crippen MR) is 199 cm³/mol. The third-order valence-electron chi connectivity index (χ3n) is 9.05. The quantitative estimate of drug-likeness (QED) is 0.174. The van der Waals surface area contributed by atoms with E-state index in [1.807, 2.05) is 6.08 Å². The molecule has 0 fully saturated rings. The minimum absolute atomic E-state index is 1.10. The van der Waals surface area contributed by atoms with Crippen LogP contribution in [0.2, 0.25) is 0 Å². The first-order valence-electron chi connectivity index (χ1n) is 15.9. The van der Waals surface area contributed by atoms with Crippen molar-refractivity contribution >= 4 is 23.1 Å². The topological polar surface area (TPSA) is 4.93 Å². The first-order chi connectivity index (χ1) is 22.6. The van der Waals surface area contributed by atoms with Crippen LogP contribution in [0.1, 0.15) is 29.3 Å². The highest BCUT2D eigenvalue weighted by Crippen LogP contribution is 2.40. The second-order valence-corrected chi connectivity index (χ2v) is 11.9. The third kappa shape index (κ3) is 5.21. The van der Waals surface area contributed by atoms with Gasteiger partial charge < -0.3 is 4.57 Å². The van der Waals surface area contributed by atoms with Gasteiger partial charge in [-0.25, -0.2) is 0 Å². The highest BCUT2D eigenvalue weighted by molar-refractivity contribution is 5.98. The molecule has 1 heterocycles. The van der Waals surface area contributed by atoms with Crippen molar-refractivity contribution in [1.82, 2.24) is 4.57 Å². The number of nitrogens with zero attached hydrogens (tertiary/aromatic N) is 1. The Labute approximate surface area is 272 Å². The highest BCUT2D eigenvalue weighted by Gasteiger charge is 2.18. The minimum atomic E-state index is 1.10. The molecule has 1 heteroatoms. The van der Waals surface area contributed by atoms with E-state index in [0.29, 0.717) is 0 Å². The Morgan fingerprint density at radius 3 is 1.80 bits per heavy atom. The summed E-state index contributed by atoms with van der Waals surface area (Å²) in [5.41, 5.74) is 17.0. The Hall–Kier alpha value is -5.66. The lowest BCUT2D eigenvalue weighted by Gasteiger charge is -2.18. The number of aryl methyl sites for hydroxylation is 1. The normalized spacial score (nSPS) is 11.4. The smallest absolute Gasteiger partial charge is 0.0541 e. The fourth-order valence-corrected chi connectivity index (χ4v) is 6.71. The van der Waals surface area contributed by atoms with E-state index >= 15 is 0 Å². The second kappa shape index (κ2) is 12.4. The van der Waals surface area contributed by atoms with Crippen molar-refractivity contribution in [3.8, 4) is 50.2 Å². The number of fused-ring (bicyclic) bond motifs is 1. The van der Waals surface area contributed by atoms with Gasteiger partial charge >= 0.3 is 0 Å². The highest BCUT2D eigenvalue weighted by atomic mass is 15.0. The zero-order valence-electron chi connectivity index (χ0n) is 26.7. The van der Waals surface area contributed by atoms with Crippen molar-refractivity contribution in [2.24, 2.45) is 0 Å². The molecule has 222 valence electrons. The summed E-state index contributed by atoms with van der Waals surface area (Å²) < 4.78 is 2.31. The lowest BCUT2D eigenvalue weighted by Crippen LogP contribution is -1.96. The van der Waals surface area contributed by atoms with Crippen LogP contribution in [-0.4, -0.2) is 4.57 Å². The fraction of sp³-hybridized carbons (Fsp3) is 0.0667. The molecule has 0 saturated heterocycles. The Bertz CT molecular complexity index is 2220. The summed E-state index contributed by atoms with van der Waals surface area (Å²) in [4.78, 5) is 0. The van der Waals surface area contributed by atoms with Crippen LogP contribution in [0.5, 0.6) is 0 Å². The van der Waals surface area contributed by atoms with Gasteiger partial charge in [-0.3, -0.25) is 0 Å². The second-order valence-electron chi connectivity index (χ2n) is 11.9. The van der Waals surface area contributed by atoms with Crippen LogP contribution in [0, 0.1) is 13.8 Å². The largest absolute Gasteiger partial charge is 0.309 e. The summed E-state index contributed by atoms with van der Waals surface area (Å²) in [6.45, 7) is 10.8. The molecule has 0 aliphatic carbocycles. The van der Waals surface area contributed by atoms with Crippen LogP contribution < -0.4 is 0 Å². The van der Waals surface area contributed by atoms with E-state index in [1.54, 1.807) is 0 Å². The standard InChI is InChI=1S/C45H37N/c1-5-16-39-43-28-36(25-26-45(43)46(44(39)6-2)38-21-14-9-15-22-38)35-24-23-31(3)40(27-35)42-30-37(33-17-10-7-11-18-33)29-41(32(42)4)34-19-12-8-13-20-34/h5-30H,2H2,1,3-4H3/b16-5-. The summed E-state index contributed by atoms with van der Waals surface area (Å²) in [5.74, 6) is 0. The van der Waals surface area contributed by atoms with Gasteiger partial charge in [0.2, 0.25) is 0 Å². The number of allylic oxidation sites excluding steroid dienone is 1. The van der Waals surface area contributed by atoms with Crippen molar-refractivity contribution in [3.05, 3.63) is 175 Å². The van der Waals surface area contributed by atoms with Gasteiger partial charge in [-0.1, -0.05) is 116 Å². The van der Waals surface area contributed by atoms with E-state index in [2.05, 4.69) is 184 Å². The summed E-state index contributed by atoms with van der Waals surface area (Å²) in [7, 11) is 0. The Balaban J connectivity index is 1.42. The van der Waals surface area contributed by atoms with Gasteiger partial charge in [0.15, 0.2) is 0 Å². The molecule has 0 aliphatic rings. The summed E-state index contributed by atoms with van der Waals surface area (Å²) in [6, 6.07) is 50.4. The Morgan fingerprint density at radius 1 is 0.543 bits per heavy atom. The summed E-state index contributed by atoms with van der Waals surface area (Å²) in [5, 5.41) is 1.21. The first-order valence-corrected chi connectivity index (χ1v) is 15.9. The molecule has 0 aliphatic heterocycles. The van der Waals surface area contributed by atoms with Gasteiger partial charge in [-0.05, 0) is 125 Å². The molecule has 0 radical (unpaired) electrons. The van der Waals surface area contributed by atoms with Crippen LogP contribution in [0.15, 0.2) is 152 Å². The van der Waals surface area contributed by atoms with Crippen LogP contribution in [-0.2, 0) is 0 Å². The van der Waals surface area contributed by atoms with Crippen molar-refractivity contribution in [2.45, 2.75) is 20.8 Å². The van der Waals surface area contributed by atoms with E-state index in [-0.39, 0.29) is 0 Å². The van der Waals surface area contributed by atoms with E-state index in [9.17, 15) is 0 Å². The number of para-hydroxylation sites is 1. The van der Waals surface area contributed by atoms with Gasteiger partial charge in [0, 0.05) is 16.6 Å². The molecule has 0 spiro atoms. The Morgan fingerprint density at radius 2 is 1.13 bits per heavy atom.